The topological polar surface area (TPSA) is 26.8 Å². The van der Waals surface area contributed by atoms with E-state index < -0.39 is 0 Å². The summed E-state index contributed by atoms with van der Waals surface area (Å²) in [7, 11) is 0. The molecule has 1 amide bonds. The monoisotopic (exact) mass is 377 g/mol. The van der Waals surface area contributed by atoms with Crippen LogP contribution in [0.2, 0.25) is 0 Å². The van der Waals surface area contributed by atoms with E-state index in [1.165, 1.54) is 16.8 Å². The summed E-state index contributed by atoms with van der Waals surface area (Å²) in [6, 6.07) is 19.3. The van der Waals surface area contributed by atoms with Gasteiger partial charge in [0.25, 0.3) is 0 Å². The molecule has 2 heterocycles. The summed E-state index contributed by atoms with van der Waals surface area (Å²) in [4.78, 5) is 20.0. The van der Waals surface area contributed by atoms with Gasteiger partial charge in [0.2, 0.25) is 5.91 Å². The molecule has 2 saturated heterocycles. The number of anilines is 1. The molecule has 148 valence electrons. The van der Waals surface area contributed by atoms with Crippen molar-refractivity contribution in [3.8, 4) is 0 Å². The van der Waals surface area contributed by atoms with Gasteiger partial charge < -0.3 is 9.80 Å². The Balaban J connectivity index is 1.24. The van der Waals surface area contributed by atoms with Crippen LogP contribution >= 0.6 is 0 Å². The van der Waals surface area contributed by atoms with E-state index in [0.717, 1.165) is 58.7 Å². The maximum atomic E-state index is 13.0. The molecule has 2 aliphatic rings. The highest BCUT2D eigenvalue weighted by molar-refractivity contribution is 5.79. The van der Waals surface area contributed by atoms with Gasteiger partial charge in [-0.25, -0.2) is 0 Å². The highest BCUT2D eigenvalue weighted by Gasteiger charge is 2.30. The molecule has 0 aliphatic carbocycles. The predicted molar refractivity (Wildman–Crippen MR) is 114 cm³/mol. The van der Waals surface area contributed by atoms with Gasteiger partial charge in [-0.3, -0.25) is 9.69 Å². The van der Waals surface area contributed by atoms with Gasteiger partial charge in [0, 0.05) is 57.4 Å². The van der Waals surface area contributed by atoms with Gasteiger partial charge in [0.05, 0.1) is 0 Å². The first-order chi connectivity index (χ1) is 13.7. The van der Waals surface area contributed by atoms with Crippen LogP contribution in [0.15, 0.2) is 54.6 Å². The minimum atomic E-state index is 0.197. The van der Waals surface area contributed by atoms with Crippen molar-refractivity contribution < 1.29 is 4.79 Å². The SMILES string of the molecule is Cc1ccc(N2CCC(C(=O)N3CCN(Cc4ccccc4)CC3)CC2)cc1. The van der Waals surface area contributed by atoms with E-state index in [0.29, 0.717) is 5.91 Å². The lowest BCUT2D eigenvalue weighted by atomic mass is 9.94. The number of hydrogen-bond acceptors (Lipinski definition) is 3. The average molecular weight is 378 g/mol. The summed E-state index contributed by atoms with van der Waals surface area (Å²) in [5, 5.41) is 0. The summed E-state index contributed by atoms with van der Waals surface area (Å²) in [6.45, 7) is 8.74. The zero-order valence-corrected chi connectivity index (χ0v) is 16.9. The number of amides is 1. The van der Waals surface area contributed by atoms with Gasteiger partial charge in [-0.2, -0.15) is 0 Å². The Kier molecular flexibility index (Phi) is 5.96. The van der Waals surface area contributed by atoms with Gasteiger partial charge >= 0.3 is 0 Å². The number of carbonyl (C=O) groups excluding carboxylic acids is 1. The lowest BCUT2D eigenvalue weighted by Gasteiger charge is -2.39. The van der Waals surface area contributed by atoms with Crippen molar-refractivity contribution in [2.45, 2.75) is 26.3 Å². The second-order valence-electron chi connectivity index (χ2n) is 8.18. The first-order valence-corrected chi connectivity index (χ1v) is 10.6. The lowest BCUT2D eigenvalue weighted by molar-refractivity contribution is -0.138. The number of nitrogens with zero attached hydrogens (tertiary/aromatic N) is 3. The fraction of sp³-hybridized carbons (Fsp3) is 0.458. The number of rotatable bonds is 4. The smallest absolute Gasteiger partial charge is 0.225 e. The molecule has 0 saturated carbocycles. The first kappa shape index (κ1) is 19.0. The van der Waals surface area contributed by atoms with Crippen LogP contribution in [0.25, 0.3) is 0 Å². The minimum absolute atomic E-state index is 0.197. The van der Waals surface area contributed by atoms with Gasteiger partial charge in [0.1, 0.15) is 0 Å². The number of benzene rings is 2. The molecule has 4 nitrogen and oxygen atoms in total. The Morgan fingerprint density at radius 2 is 1.50 bits per heavy atom. The molecular formula is C24H31N3O. The third kappa shape index (κ3) is 4.56. The molecule has 0 spiro atoms. The van der Waals surface area contributed by atoms with Crippen LogP contribution in [-0.2, 0) is 11.3 Å². The van der Waals surface area contributed by atoms with Crippen molar-refractivity contribution in [3.63, 3.8) is 0 Å². The maximum Gasteiger partial charge on any atom is 0.225 e. The number of aryl methyl sites for hydroxylation is 1. The van der Waals surface area contributed by atoms with Crippen LogP contribution < -0.4 is 4.90 Å². The molecule has 0 N–H and O–H groups in total. The minimum Gasteiger partial charge on any atom is -0.371 e. The molecule has 2 aromatic rings. The van der Waals surface area contributed by atoms with E-state index in [-0.39, 0.29) is 5.92 Å². The summed E-state index contributed by atoms with van der Waals surface area (Å²) in [5.74, 6) is 0.574. The molecule has 0 unspecified atom stereocenters. The maximum absolute atomic E-state index is 13.0. The molecule has 0 aromatic heterocycles. The zero-order valence-electron chi connectivity index (χ0n) is 16.9. The number of hydrogen-bond donors (Lipinski definition) is 0. The molecule has 28 heavy (non-hydrogen) atoms. The Hall–Kier alpha value is -2.33. The predicted octanol–water partition coefficient (Wildman–Crippen LogP) is 3.56. The van der Waals surface area contributed by atoms with Crippen molar-refractivity contribution in [2.24, 2.45) is 5.92 Å². The Bertz CT molecular complexity index is 758. The molecular weight excluding hydrogens is 346 g/mol. The molecule has 2 fully saturated rings. The van der Waals surface area contributed by atoms with Gasteiger partial charge in [-0.05, 0) is 37.5 Å². The fourth-order valence-corrected chi connectivity index (χ4v) is 4.37. The summed E-state index contributed by atoms with van der Waals surface area (Å²) in [5.41, 5.74) is 3.93. The molecule has 0 radical (unpaired) electrons. The average Bonchev–Trinajstić information content (AvgIpc) is 2.75. The van der Waals surface area contributed by atoms with Crippen molar-refractivity contribution in [1.29, 1.82) is 0 Å². The molecule has 4 rings (SSSR count). The van der Waals surface area contributed by atoms with Crippen LogP contribution in [0.5, 0.6) is 0 Å². The van der Waals surface area contributed by atoms with Crippen LogP contribution in [0.4, 0.5) is 5.69 Å². The van der Waals surface area contributed by atoms with Crippen molar-refractivity contribution in [3.05, 3.63) is 65.7 Å². The Morgan fingerprint density at radius 3 is 2.14 bits per heavy atom. The van der Waals surface area contributed by atoms with Crippen molar-refractivity contribution in [2.75, 3.05) is 44.2 Å². The second kappa shape index (κ2) is 8.78. The number of piperazine rings is 1. The number of piperidine rings is 1. The van der Waals surface area contributed by atoms with E-state index in [1.54, 1.807) is 0 Å². The molecule has 2 aromatic carbocycles. The van der Waals surface area contributed by atoms with E-state index in [9.17, 15) is 4.79 Å². The van der Waals surface area contributed by atoms with Gasteiger partial charge in [-0.15, -0.1) is 0 Å². The van der Waals surface area contributed by atoms with Gasteiger partial charge in [-0.1, -0.05) is 48.0 Å². The summed E-state index contributed by atoms with van der Waals surface area (Å²) < 4.78 is 0. The van der Waals surface area contributed by atoms with Crippen molar-refractivity contribution >= 4 is 11.6 Å². The van der Waals surface area contributed by atoms with Gasteiger partial charge in [0.15, 0.2) is 0 Å². The highest BCUT2D eigenvalue weighted by Crippen LogP contribution is 2.25. The third-order valence-electron chi connectivity index (χ3n) is 6.18. The van der Waals surface area contributed by atoms with E-state index in [2.05, 4.69) is 76.2 Å². The number of carbonyl (C=O) groups is 1. The van der Waals surface area contributed by atoms with Crippen LogP contribution in [0, 0.1) is 12.8 Å². The Labute approximate surface area is 168 Å². The van der Waals surface area contributed by atoms with E-state index in [1.807, 2.05) is 0 Å². The van der Waals surface area contributed by atoms with Crippen LogP contribution in [0.3, 0.4) is 0 Å². The zero-order chi connectivity index (χ0) is 19.3. The standard InChI is InChI=1S/C24H31N3O/c1-20-7-9-23(10-8-20)26-13-11-22(12-14-26)24(28)27-17-15-25(16-18-27)19-21-5-3-2-4-6-21/h2-10,22H,11-19H2,1H3. The highest BCUT2D eigenvalue weighted by atomic mass is 16.2. The largest absolute Gasteiger partial charge is 0.371 e. The van der Waals surface area contributed by atoms with Crippen LogP contribution in [0.1, 0.15) is 24.0 Å². The normalized spacial score (nSPS) is 19.0. The third-order valence-corrected chi connectivity index (χ3v) is 6.18. The first-order valence-electron chi connectivity index (χ1n) is 10.6. The summed E-state index contributed by atoms with van der Waals surface area (Å²) >= 11 is 0. The quantitative estimate of drug-likeness (QED) is 0.815. The molecule has 4 heteroatoms. The molecule has 0 bridgehead atoms. The molecule has 0 atom stereocenters. The molecule has 2 aliphatic heterocycles. The van der Waals surface area contributed by atoms with E-state index in [4.69, 9.17) is 0 Å². The Morgan fingerprint density at radius 1 is 0.857 bits per heavy atom. The second-order valence-corrected chi connectivity index (χ2v) is 8.18. The van der Waals surface area contributed by atoms with Crippen molar-refractivity contribution in [1.82, 2.24) is 9.80 Å². The van der Waals surface area contributed by atoms with Crippen LogP contribution in [-0.4, -0.2) is 55.0 Å². The lowest BCUT2D eigenvalue weighted by Crippen LogP contribution is -2.51. The fourth-order valence-electron chi connectivity index (χ4n) is 4.37. The summed E-state index contributed by atoms with van der Waals surface area (Å²) in [6.07, 6.45) is 1.94. The van der Waals surface area contributed by atoms with E-state index >= 15 is 0 Å².